The lowest BCUT2D eigenvalue weighted by Crippen LogP contribution is -2.42. The van der Waals surface area contributed by atoms with Crippen molar-refractivity contribution in [2.45, 2.75) is 40.2 Å². The van der Waals surface area contributed by atoms with Crippen LogP contribution in [0.15, 0.2) is 38.5 Å². The van der Waals surface area contributed by atoms with Crippen LogP contribution < -0.4 is 21.9 Å². The number of rotatable bonds is 8. The number of nitrogen functional groups attached to an aromatic ring is 1. The van der Waals surface area contributed by atoms with Gasteiger partial charge < -0.3 is 15.1 Å². The van der Waals surface area contributed by atoms with Crippen molar-refractivity contribution in [3.63, 3.8) is 0 Å². The predicted molar refractivity (Wildman–Crippen MR) is 106 cm³/mol. The molecule has 8 nitrogen and oxygen atoms in total. The number of aromatic amines is 1. The number of hydrogen-bond acceptors (Lipinski definition) is 5. The van der Waals surface area contributed by atoms with Crippen molar-refractivity contribution < 1.29 is 9.21 Å². The van der Waals surface area contributed by atoms with Crippen LogP contribution >= 0.6 is 0 Å². The van der Waals surface area contributed by atoms with Crippen LogP contribution in [0.3, 0.4) is 0 Å². The van der Waals surface area contributed by atoms with Gasteiger partial charge in [-0.05, 0) is 30.5 Å². The molecule has 2 aromatic heterocycles. The smallest absolute Gasteiger partial charge is 0.330 e. The van der Waals surface area contributed by atoms with Gasteiger partial charge in [-0.2, -0.15) is 0 Å². The van der Waals surface area contributed by atoms with Crippen LogP contribution in [-0.2, 0) is 11.3 Å². The van der Waals surface area contributed by atoms with Gasteiger partial charge in [0.2, 0.25) is 0 Å². The quantitative estimate of drug-likeness (QED) is 0.688. The first-order valence-electron chi connectivity index (χ1n) is 9.00. The molecule has 0 bridgehead atoms. The van der Waals surface area contributed by atoms with Crippen LogP contribution in [0.4, 0.5) is 11.5 Å². The zero-order chi connectivity index (χ0) is 20.0. The molecule has 0 fully saturated rings. The van der Waals surface area contributed by atoms with Gasteiger partial charge in [-0.3, -0.25) is 19.1 Å². The molecule has 0 saturated carbocycles. The predicted octanol–water partition coefficient (Wildman–Crippen LogP) is 2.21. The fraction of sp³-hybridized carbons (Fsp3) is 0.421. The van der Waals surface area contributed by atoms with Gasteiger partial charge in [0, 0.05) is 19.2 Å². The van der Waals surface area contributed by atoms with E-state index >= 15 is 0 Å². The number of carbonyl (C=O) groups is 1. The summed E-state index contributed by atoms with van der Waals surface area (Å²) in [5.74, 6) is 0.180. The molecule has 0 spiro atoms. The molecule has 1 amide bonds. The van der Waals surface area contributed by atoms with Gasteiger partial charge in [-0.15, -0.1) is 0 Å². The number of H-pyrrole nitrogens is 1. The topological polar surface area (TPSA) is 114 Å². The number of unbranched alkanes of at least 4 members (excludes halogenated alkanes) is 1. The molecule has 27 heavy (non-hydrogen) atoms. The van der Waals surface area contributed by atoms with Crippen molar-refractivity contribution in [1.29, 1.82) is 0 Å². The van der Waals surface area contributed by atoms with Crippen LogP contribution in [-0.4, -0.2) is 22.0 Å². The van der Waals surface area contributed by atoms with Crippen LogP contribution in [0.25, 0.3) is 6.08 Å². The molecule has 0 aliphatic carbocycles. The third-order valence-electron chi connectivity index (χ3n) is 3.97. The number of nitrogens with one attached hydrogen (secondary N) is 1. The van der Waals surface area contributed by atoms with Crippen LogP contribution in [0.1, 0.15) is 39.4 Å². The van der Waals surface area contributed by atoms with Crippen molar-refractivity contribution >= 4 is 23.5 Å². The Bertz CT molecular complexity index is 907. The van der Waals surface area contributed by atoms with Gasteiger partial charge in [-0.1, -0.05) is 27.2 Å². The largest absolute Gasteiger partial charge is 0.465 e. The van der Waals surface area contributed by atoms with Gasteiger partial charge in [0.1, 0.15) is 11.6 Å². The van der Waals surface area contributed by atoms with Crippen molar-refractivity contribution in [2.24, 2.45) is 5.92 Å². The summed E-state index contributed by atoms with van der Waals surface area (Å²) in [4.78, 5) is 40.9. The van der Waals surface area contributed by atoms with E-state index in [-0.39, 0.29) is 24.0 Å². The first kappa shape index (κ1) is 20.3. The Morgan fingerprint density at radius 2 is 2.15 bits per heavy atom. The highest BCUT2D eigenvalue weighted by Gasteiger charge is 2.23. The zero-order valence-corrected chi connectivity index (χ0v) is 15.9. The SMILES string of the molecule is CCCCn1c(N)c(N(CC(C)C)C(=O)/C=C/c2ccco2)c(=O)[nH]c1=O. The first-order valence-corrected chi connectivity index (χ1v) is 9.00. The second kappa shape index (κ2) is 9.07. The summed E-state index contributed by atoms with van der Waals surface area (Å²) in [5.41, 5.74) is 4.88. The van der Waals surface area contributed by atoms with E-state index in [4.69, 9.17) is 10.2 Å². The highest BCUT2D eigenvalue weighted by Crippen LogP contribution is 2.19. The maximum Gasteiger partial charge on any atom is 0.330 e. The molecule has 2 rings (SSSR count). The zero-order valence-electron chi connectivity index (χ0n) is 15.9. The summed E-state index contributed by atoms with van der Waals surface area (Å²) in [5, 5.41) is 0. The fourth-order valence-electron chi connectivity index (χ4n) is 2.66. The third kappa shape index (κ3) is 4.99. The lowest BCUT2D eigenvalue weighted by molar-refractivity contribution is -0.114. The van der Waals surface area contributed by atoms with E-state index in [0.29, 0.717) is 12.3 Å². The number of nitrogens with zero attached hydrogens (tertiary/aromatic N) is 2. The molecular formula is C19H26N4O4. The molecule has 3 N–H and O–H groups in total. The van der Waals surface area contributed by atoms with Crippen molar-refractivity contribution in [3.05, 3.63) is 51.1 Å². The standard InChI is InChI=1S/C19H26N4O4/c1-4-5-10-22-17(20)16(18(25)21-19(22)26)23(12-13(2)3)15(24)9-8-14-7-6-11-27-14/h6-9,11,13H,4-5,10,12,20H2,1-3H3,(H,21,25,26)/b9-8+. The molecular weight excluding hydrogens is 348 g/mol. The Morgan fingerprint density at radius 1 is 1.41 bits per heavy atom. The minimum atomic E-state index is -0.675. The number of amides is 1. The van der Waals surface area contributed by atoms with Crippen molar-refractivity contribution in [1.82, 2.24) is 9.55 Å². The molecule has 0 saturated heterocycles. The van der Waals surface area contributed by atoms with Gasteiger partial charge in [0.25, 0.3) is 11.5 Å². The monoisotopic (exact) mass is 374 g/mol. The molecule has 0 unspecified atom stereocenters. The lowest BCUT2D eigenvalue weighted by Gasteiger charge is -2.25. The van der Waals surface area contributed by atoms with Gasteiger partial charge in [-0.25, -0.2) is 4.79 Å². The van der Waals surface area contributed by atoms with Crippen molar-refractivity contribution in [3.8, 4) is 0 Å². The second-order valence-electron chi connectivity index (χ2n) is 6.69. The Kier molecular flexibility index (Phi) is 6.81. The van der Waals surface area contributed by atoms with E-state index in [1.165, 1.54) is 27.9 Å². The van der Waals surface area contributed by atoms with Crippen LogP contribution in [0.5, 0.6) is 0 Å². The van der Waals surface area contributed by atoms with Crippen LogP contribution in [0.2, 0.25) is 0 Å². The molecule has 0 atom stereocenters. The summed E-state index contributed by atoms with van der Waals surface area (Å²) in [7, 11) is 0. The minimum absolute atomic E-state index is 0.00222. The number of nitrogens with two attached hydrogens (primary N) is 1. The molecule has 0 aliphatic heterocycles. The lowest BCUT2D eigenvalue weighted by atomic mass is 10.2. The number of carbonyl (C=O) groups excluding carboxylic acids is 1. The summed E-state index contributed by atoms with van der Waals surface area (Å²) in [6, 6.07) is 3.42. The number of furan rings is 1. The number of hydrogen-bond donors (Lipinski definition) is 2. The Balaban J connectivity index is 2.48. The third-order valence-corrected chi connectivity index (χ3v) is 3.97. The normalized spacial score (nSPS) is 11.4. The first-order chi connectivity index (χ1) is 12.8. The maximum absolute atomic E-state index is 12.8. The van der Waals surface area contributed by atoms with Gasteiger partial charge in [0.15, 0.2) is 5.69 Å². The van der Waals surface area contributed by atoms with E-state index in [1.54, 1.807) is 12.1 Å². The average Bonchev–Trinajstić information content (AvgIpc) is 3.11. The number of anilines is 2. The molecule has 0 radical (unpaired) electrons. The van der Waals surface area contributed by atoms with Gasteiger partial charge in [0.05, 0.1) is 6.26 Å². The molecule has 2 aromatic rings. The summed E-state index contributed by atoms with van der Waals surface area (Å²) in [6.07, 6.45) is 5.93. The highest BCUT2D eigenvalue weighted by molar-refractivity contribution is 6.04. The van der Waals surface area contributed by atoms with E-state index in [2.05, 4.69) is 4.98 Å². The molecule has 0 aliphatic rings. The van der Waals surface area contributed by atoms with E-state index < -0.39 is 17.2 Å². The molecule has 8 heteroatoms. The molecule has 0 aromatic carbocycles. The Hall–Kier alpha value is -3.03. The van der Waals surface area contributed by atoms with E-state index in [9.17, 15) is 14.4 Å². The Labute approximate surface area is 157 Å². The molecule has 146 valence electrons. The minimum Gasteiger partial charge on any atom is -0.465 e. The summed E-state index contributed by atoms with van der Waals surface area (Å²) < 4.78 is 6.48. The van der Waals surface area contributed by atoms with Gasteiger partial charge >= 0.3 is 5.69 Å². The molecule has 2 heterocycles. The average molecular weight is 374 g/mol. The Morgan fingerprint density at radius 3 is 2.74 bits per heavy atom. The summed E-state index contributed by atoms with van der Waals surface area (Å²) >= 11 is 0. The maximum atomic E-state index is 12.8. The summed E-state index contributed by atoms with van der Waals surface area (Å²) in [6.45, 7) is 6.49. The highest BCUT2D eigenvalue weighted by atomic mass is 16.3. The van der Waals surface area contributed by atoms with Crippen molar-refractivity contribution in [2.75, 3.05) is 17.2 Å². The fourth-order valence-corrected chi connectivity index (χ4v) is 2.66. The van der Waals surface area contributed by atoms with E-state index in [1.807, 2.05) is 20.8 Å². The second-order valence-corrected chi connectivity index (χ2v) is 6.69. The number of aromatic nitrogens is 2. The van der Waals surface area contributed by atoms with E-state index in [0.717, 1.165) is 12.8 Å². The van der Waals surface area contributed by atoms with Crippen LogP contribution in [0, 0.1) is 5.92 Å².